The van der Waals surface area contributed by atoms with E-state index in [4.69, 9.17) is 12.2 Å². The van der Waals surface area contributed by atoms with Gasteiger partial charge in [0.25, 0.3) is 0 Å². The Morgan fingerprint density at radius 3 is 1.95 bits per heavy atom. The number of nitrogens with zero attached hydrogens (tertiary/aromatic N) is 1. The van der Waals surface area contributed by atoms with Crippen molar-refractivity contribution in [1.82, 2.24) is 4.90 Å². The molecule has 0 bridgehead atoms. The summed E-state index contributed by atoms with van der Waals surface area (Å²) in [4.78, 5) is 3.39. The van der Waals surface area contributed by atoms with Crippen LogP contribution < -0.4 is 0 Å². The highest BCUT2D eigenvalue weighted by Gasteiger charge is 2.71. The first-order valence-corrected chi connectivity index (χ1v) is 8.81. The monoisotopic (exact) mass is 319 g/mol. The van der Waals surface area contributed by atoms with Crippen LogP contribution in [0.4, 0.5) is 0 Å². The average molecular weight is 320 g/mol. The van der Waals surface area contributed by atoms with Crippen LogP contribution in [0, 0.1) is 5.41 Å². The van der Waals surface area contributed by atoms with Crippen LogP contribution in [0.1, 0.15) is 52.7 Å². The lowest BCUT2D eigenvalue weighted by Crippen LogP contribution is -2.72. The summed E-state index contributed by atoms with van der Waals surface area (Å²) in [6.07, 6.45) is 0. The lowest BCUT2D eigenvalue weighted by molar-refractivity contribution is 0.0527. The molecule has 1 saturated heterocycles. The zero-order valence-electron chi connectivity index (χ0n) is 14.1. The second kappa shape index (κ2) is 4.05. The first kappa shape index (κ1) is 15.4. The third kappa shape index (κ3) is 1.52. The van der Waals surface area contributed by atoms with Gasteiger partial charge in [-0.1, -0.05) is 50.3 Å². The van der Waals surface area contributed by atoms with E-state index >= 15 is 0 Å². The molecule has 1 spiro atoms. The second-order valence-electron chi connectivity index (χ2n) is 7.92. The second-order valence-corrected chi connectivity index (χ2v) is 10.1. The lowest BCUT2D eigenvalue weighted by Gasteiger charge is -2.72. The number of fused-ring (bicyclic) bond motifs is 2. The smallest absolute Gasteiger partial charge is 0.119 e. The third-order valence-corrected chi connectivity index (χ3v) is 9.14. The van der Waals surface area contributed by atoms with Gasteiger partial charge in [0, 0.05) is 22.6 Å². The molecular formula is C18H25NS2. The predicted molar refractivity (Wildman–Crippen MR) is 97.0 cm³/mol. The molecule has 1 aromatic carbocycles. The lowest BCUT2D eigenvalue weighted by atomic mass is 9.63. The maximum absolute atomic E-state index is 5.88. The molecule has 114 valence electrons. The molecule has 1 unspecified atom stereocenters. The van der Waals surface area contributed by atoms with Crippen molar-refractivity contribution < 1.29 is 0 Å². The first-order chi connectivity index (χ1) is 9.50. The molecule has 2 aliphatic heterocycles. The van der Waals surface area contributed by atoms with Crippen LogP contribution in [-0.4, -0.2) is 21.7 Å². The Hall–Kier alpha value is -0.540. The van der Waals surface area contributed by atoms with Crippen LogP contribution in [0.2, 0.25) is 0 Å². The van der Waals surface area contributed by atoms with E-state index in [1.165, 1.54) is 11.1 Å². The fourth-order valence-electron chi connectivity index (χ4n) is 4.05. The van der Waals surface area contributed by atoms with Gasteiger partial charge < -0.3 is 4.90 Å². The normalized spacial score (nSPS) is 31.8. The highest BCUT2D eigenvalue weighted by molar-refractivity contribution is 8.03. The van der Waals surface area contributed by atoms with E-state index in [9.17, 15) is 0 Å². The summed E-state index contributed by atoms with van der Waals surface area (Å²) < 4.78 is 0.242. The van der Waals surface area contributed by atoms with Crippen molar-refractivity contribution >= 4 is 29.0 Å². The topological polar surface area (TPSA) is 3.24 Å². The largest absolute Gasteiger partial charge is 0.349 e. The van der Waals surface area contributed by atoms with E-state index in [0.717, 1.165) is 4.99 Å². The van der Waals surface area contributed by atoms with Gasteiger partial charge in [0.2, 0.25) is 0 Å². The summed E-state index contributed by atoms with van der Waals surface area (Å²) >= 11 is 7.93. The molecule has 0 radical (unpaired) electrons. The van der Waals surface area contributed by atoms with Gasteiger partial charge in [-0.05, 0) is 38.8 Å². The average Bonchev–Trinajstić information content (AvgIpc) is 2.41. The molecule has 1 fully saturated rings. The van der Waals surface area contributed by atoms with Gasteiger partial charge in [0.05, 0.1) is 4.99 Å². The van der Waals surface area contributed by atoms with Crippen molar-refractivity contribution in [2.45, 2.75) is 56.6 Å². The standard InChI is InChI=1S/C18H25NS2/c1-15(2)12-10-8-9-11-13(12)18(19(7)14(15)20)16(3,4)17(5,6)21-18/h8-11H,1-7H3. The minimum absolute atomic E-state index is 0.0420. The van der Waals surface area contributed by atoms with E-state index in [1.807, 2.05) is 0 Å². The van der Waals surface area contributed by atoms with Crippen molar-refractivity contribution in [2.24, 2.45) is 5.41 Å². The summed E-state index contributed by atoms with van der Waals surface area (Å²) in [5, 5.41) is 0. The van der Waals surface area contributed by atoms with Crippen molar-refractivity contribution in [3.63, 3.8) is 0 Å². The van der Waals surface area contributed by atoms with Gasteiger partial charge >= 0.3 is 0 Å². The summed E-state index contributed by atoms with van der Waals surface area (Å²) in [6.45, 7) is 14.0. The van der Waals surface area contributed by atoms with E-state index in [-0.39, 0.29) is 20.4 Å². The molecule has 0 amide bonds. The van der Waals surface area contributed by atoms with Crippen LogP contribution >= 0.6 is 24.0 Å². The Morgan fingerprint density at radius 1 is 0.952 bits per heavy atom. The van der Waals surface area contributed by atoms with Gasteiger partial charge in [-0.25, -0.2) is 0 Å². The number of rotatable bonds is 0. The van der Waals surface area contributed by atoms with Crippen LogP contribution in [0.15, 0.2) is 24.3 Å². The highest BCUT2D eigenvalue weighted by atomic mass is 32.2. The van der Waals surface area contributed by atoms with Crippen molar-refractivity contribution in [2.75, 3.05) is 7.05 Å². The molecule has 3 heteroatoms. The maximum atomic E-state index is 5.88. The Balaban J connectivity index is 2.31. The zero-order valence-corrected chi connectivity index (χ0v) is 15.7. The van der Waals surface area contributed by atoms with E-state index in [2.05, 4.69) is 89.5 Å². The predicted octanol–water partition coefficient (Wildman–Crippen LogP) is 4.94. The van der Waals surface area contributed by atoms with E-state index in [0.29, 0.717) is 0 Å². The zero-order chi connectivity index (χ0) is 15.8. The van der Waals surface area contributed by atoms with Gasteiger partial charge in [0.1, 0.15) is 4.87 Å². The quantitative estimate of drug-likeness (QED) is 0.623. The van der Waals surface area contributed by atoms with Crippen LogP contribution in [0.25, 0.3) is 0 Å². The number of hydrogen-bond donors (Lipinski definition) is 0. The molecule has 0 aromatic heterocycles. The molecule has 0 saturated carbocycles. The fourth-order valence-corrected chi connectivity index (χ4v) is 6.37. The van der Waals surface area contributed by atoms with Crippen LogP contribution in [0.3, 0.4) is 0 Å². The SMILES string of the molecule is CN1C(=S)C(C)(C)c2ccccc2C12SC(C)(C)C2(C)C. The van der Waals surface area contributed by atoms with E-state index < -0.39 is 0 Å². The Labute approximate surface area is 138 Å². The fraction of sp³-hybridized carbons (Fsp3) is 0.611. The number of hydrogen-bond acceptors (Lipinski definition) is 2. The van der Waals surface area contributed by atoms with Gasteiger partial charge in [-0.2, -0.15) is 0 Å². The van der Waals surface area contributed by atoms with Crippen molar-refractivity contribution in [3.05, 3.63) is 35.4 Å². The van der Waals surface area contributed by atoms with Crippen molar-refractivity contribution in [1.29, 1.82) is 0 Å². The molecule has 3 rings (SSSR count). The molecule has 1 aromatic rings. The van der Waals surface area contributed by atoms with Gasteiger partial charge in [-0.15, -0.1) is 11.8 Å². The molecule has 1 nitrogen and oxygen atoms in total. The van der Waals surface area contributed by atoms with Crippen LogP contribution in [0.5, 0.6) is 0 Å². The molecule has 1 atom stereocenters. The first-order valence-electron chi connectivity index (χ1n) is 7.58. The summed E-state index contributed by atoms with van der Waals surface area (Å²) in [5.74, 6) is 0. The van der Waals surface area contributed by atoms with Crippen LogP contribution in [-0.2, 0) is 10.3 Å². The maximum Gasteiger partial charge on any atom is 0.119 e. The number of likely N-dealkylation sites (N-methyl/N-ethyl adjacent to an activating group) is 1. The van der Waals surface area contributed by atoms with E-state index in [1.54, 1.807) is 0 Å². The minimum atomic E-state index is -0.0811. The summed E-state index contributed by atoms with van der Waals surface area (Å²) in [6, 6.07) is 8.88. The molecule has 21 heavy (non-hydrogen) atoms. The molecule has 0 aliphatic carbocycles. The third-order valence-electron chi connectivity index (χ3n) is 6.03. The molecule has 2 heterocycles. The minimum Gasteiger partial charge on any atom is -0.349 e. The Morgan fingerprint density at radius 2 is 1.48 bits per heavy atom. The van der Waals surface area contributed by atoms with Gasteiger partial charge in [0.15, 0.2) is 0 Å². The Bertz CT molecular complexity index is 630. The molecule has 2 aliphatic rings. The molecular weight excluding hydrogens is 294 g/mol. The molecule has 0 N–H and O–H groups in total. The van der Waals surface area contributed by atoms with Gasteiger partial charge in [-0.3, -0.25) is 0 Å². The number of benzene rings is 1. The highest BCUT2D eigenvalue weighted by Crippen LogP contribution is 2.75. The van der Waals surface area contributed by atoms with Crippen molar-refractivity contribution in [3.8, 4) is 0 Å². The summed E-state index contributed by atoms with van der Waals surface area (Å²) in [7, 11) is 2.18. The number of thiocarbonyl (C=S) groups is 1. The Kier molecular flexibility index (Phi) is 2.96. The number of thioether (sulfide) groups is 1. The summed E-state index contributed by atoms with van der Waals surface area (Å²) in [5.41, 5.74) is 2.91.